The second-order valence-corrected chi connectivity index (χ2v) is 7.17. The number of benzene rings is 2. The van der Waals surface area contributed by atoms with Crippen LogP contribution in [-0.2, 0) is 6.42 Å². The lowest BCUT2D eigenvalue weighted by Crippen LogP contribution is -2.48. The van der Waals surface area contributed by atoms with Gasteiger partial charge < -0.3 is 0 Å². The first kappa shape index (κ1) is 17.1. The van der Waals surface area contributed by atoms with Gasteiger partial charge in [-0.3, -0.25) is 9.91 Å². The first-order chi connectivity index (χ1) is 12.7. The van der Waals surface area contributed by atoms with Gasteiger partial charge in [0.1, 0.15) is 0 Å². The van der Waals surface area contributed by atoms with Gasteiger partial charge in [0.15, 0.2) is 0 Å². The number of carbonyl (C=O) groups excluding carboxylic acids is 1. The molecule has 0 spiro atoms. The van der Waals surface area contributed by atoms with Gasteiger partial charge in [-0.2, -0.15) is 0 Å². The van der Waals surface area contributed by atoms with Crippen LogP contribution in [0.5, 0.6) is 0 Å². The van der Waals surface area contributed by atoms with E-state index in [2.05, 4.69) is 35.4 Å². The smallest absolute Gasteiger partial charge is 0.291 e. The molecule has 0 saturated carbocycles. The number of nitrogens with zero attached hydrogens (tertiary/aromatic N) is 3. The topological polar surface area (TPSA) is 26.8 Å². The van der Waals surface area contributed by atoms with Gasteiger partial charge >= 0.3 is 6.03 Å². The molecule has 2 aromatic rings. The molecule has 2 aliphatic rings. The quantitative estimate of drug-likeness (QED) is 0.750. The molecule has 2 aliphatic heterocycles. The average molecular weight is 368 g/mol. The van der Waals surface area contributed by atoms with Crippen LogP contribution in [0.25, 0.3) is 0 Å². The van der Waals surface area contributed by atoms with E-state index >= 15 is 0 Å². The van der Waals surface area contributed by atoms with Crippen molar-refractivity contribution in [3.8, 4) is 0 Å². The molecule has 1 fully saturated rings. The first-order valence-electron chi connectivity index (χ1n) is 9.02. The van der Waals surface area contributed by atoms with Gasteiger partial charge in [0.05, 0.1) is 6.54 Å². The molecule has 2 amide bonds. The van der Waals surface area contributed by atoms with Crippen molar-refractivity contribution in [1.82, 2.24) is 10.0 Å². The third-order valence-electron chi connectivity index (χ3n) is 4.95. The average Bonchev–Trinajstić information content (AvgIpc) is 3.05. The van der Waals surface area contributed by atoms with Crippen LogP contribution in [0, 0.1) is 0 Å². The van der Waals surface area contributed by atoms with Gasteiger partial charge in [-0.1, -0.05) is 53.6 Å². The zero-order chi connectivity index (χ0) is 17.9. The van der Waals surface area contributed by atoms with E-state index in [0.29, 0.717) is 11.6 Å². The van der Waals surface area contributed by atoms with E-state index in [0.717, 1.165) is 38.2 Å². The molecule has 0 unspecified atom stereocenters. The Hall–Kier alpha value is -2.30. The van der Waals surface area contributed by atoms with Crippen LogP contribution in [0.2, 0.25) is 5.02 Å². The van der Waals surface area contributed by atoms with Crippen LogP contribution in [-0.4, -0.2) is 42.2 Å². The fourth-order valence-electron chi connectivity index (χ4n) is 3.64. The summed E-state index contributed by atoms with van der Waals surface area (Å²) in [4.78, 5) is 14.7. The lowest BCUT2D eigenvalue weighted by molar-refractivity contribution is 0.0387. The molecule has 26 heavy (non-hydrogen) atoms. The highest BCUT2D eigenvalue weighted by molar-refractivity contribution is 6.30. The molecule has 0 N–H and O–H groups in total. The van der Waals surface area contributed by atoms with Crippen molar-refractivity contribution < 1.29 is 4.79 Å². The van der Waals surface area contributed by atoms with Crippen molar-refractivity contribution in [2.45, 2.75) is 12.8 Å². The Kier molecular flexibility index (Phi) is 4.96. The van der Waals surface area contributed by atoms with E-state index < -0.39 is 0 Å². The fraction of sp³-hybridized carbons (Fsp3) is 0.286. The fourth-order valence-corrected chi connectivity index (χ4v) is 3.76. The SMILES string of the molecule is O=C1N(c2ccc(Cl)cc2)CCN1N1CCC=C(Cc2ccccc2)C1. The predicted octanol–water partition coefficient (Wildman–Crippen LogP) is 4.37. The highest BCUT2D eigenvalue weighted by Gasteiger charge is 2.34. The van der Waals surface area contributed by atoms with E-state index in [1.807, 2.05) is 40.2 Å². The third kappa shape index (κ3) is 3.62. The van der Waals surface area contributed by atoms with Crippen LogP contribution in [0.3, 0.4) is 0 Å². The minimum Gasteiger partial charge on any atom is -0.291 e. The number of amides is 2. The Bertz CT molecular complexity index is 804. The summed E-state index contributed by atoms with van der Waals surface area (Å²) in [5, 5.41) is 4.77. The maximum atomic E-state index is 12.9. The first-order valence-corrected chi connectivity index (χ1v) is 9.40. The Morgan fingerprint density at radius 3 is 2.46 bits per heavy atom. The molecular formula is C21H22ClN3O. The van der Waals surface area contributed by atoms with Crippen molar-refractivity contribution in [2.75, 3.05) is 31.1 Å². The Morgan fingerprint density at radius 2 is 1.69 bits per heavy atom. The van der Waals surface area contributed by atoms with Crippen molar-refractivity contribution in [3.05, 3.63) is 76.8 Å². The molecule has 2 aromatic carbocycles. The maximum Gasteiger partial charge on any atom is 0.339 e. The third-order valence-corrected chi connectivity index (χ3v) is 5.20. The Balaban J connectivity index is 1.42. The molecule has 0 bridgehead atoms. The van der Waals surface area contributed by atoms with Gasteiger partial charge in [0.25, 0.3) is 0 Å². The highest BCUT2D eigenvalue weighted by atomic mass is 35.5. The van der Waals surface area contributed by atoms with Crippen LogP contribution in [0.1, 0.15) is 12.0 Å². The molecule has 0 atom stereocenters. The summed E-state index contributed by atoms with van der Waals surface area (Å²) in [6, 6.07) is 18.0. The second kappa shape index (κ2) is 7.52. The summed E-state index contributed by atoms with van der Waals surface area (Å²) in [5.41, 5.74) is 3.59. The van der Waals surface area contributed by atoms with Crippen LogP contribution in [0.15, 0.2) is 66.2 Å². The van der Waals surface area contributed by atoms with E-state index in [4.69, 9.17) is 11.6 Å². The molecule has 2 heterocycles. The summed E-state index contributed by atoms with van der Waals surface area (Å²) < 4.78 is 0. The molecule has 0 radical (unpaired) electrons. The molecule has 134 valence electrons. The van der Waals surface area contributed by atoms with E-state index in [9.17, 15) is 4.79 Å². The zero-order valence-electron chi connectivity index (χ0n) is 14.6. The molecular weight excluding hydrogens is 346 g/mol. The van der Waals surface area contributed by atoms with Gasteiger partial charge in [0.2, 0.25) is 0 Å². The number of carbonyl (C=O) groups is 1. The Morgan fingerprint density at radius 1 is 0.923 bits per heavy atom. The Labute approximate surface area is 159 Å². The summed E-state index contributed by atoms with van der Waals surface area (Å²) in [7, 11) is 0. The van der Waals surface area contributed by atoms with Gasteiger partial charge in [-0.05, 0) is 42.7 Å². The highest BCUT2D eigenvalue weighted by Crippen LogP contribution is 2.25. The van der Waals surface area contributed by atoms with E-state index in [-0.39, 0.29) is 6.03 Å². The van der Waals surface area contributed by atoms with Gasteiger partial charge in [-0.25, -0.2) is 9.80 Å². The number of halogens is 1. The summed E-state index contributed by atoms with van der Waals surface area (Å²) >= 11 is 5.96. The minimum atomic E-state index is 0.0493. The largest absolute Gasteiger partial charge is 0.339 e. The number of hydrogen-bond donors (Lipinski definition) is 0. The minimum absolute atomic E-state index is 0.0493. The predicted molar refractivity (Wildman–Crippen MR) is 105 cm³/mol. The second-order valence-electron chi connectivity index (χ2n) is 6.74. The lowest BCUT2D eigenvalue weighted by atomic mass is 10.0. The van der Waals surface area contributed by atoms with Crippen LogP contribution >= 0.6 is 11.6 Å². The van der Waals surface area contributed by atoms with Crippen LogP contribution < -0.4 is 4.90 Å². The lowest BCUT2D eigenvalue weighted by Gasteiger charge is -2.34. The molecule has 0 aliphatic carbocycles. The molecule has 5 heteroatoms. The van der Waals surface area contributed by atoms with E-state index in [1.54, 1.807) is 0 Å². The molecule has 1 saturated heterocycles. The van der Waals surface area contributed by atoms with Gasteiger partial charge in [-0.15, -0.1) is 0 Å². The summed E-state index contributed by atoms with van der Waals surface area (Å²) in [6.45, 7) is 3.13. The van der Waals surface area contributed by atoms with Crippen molar-refractivity contribution in [2.24, 2.45) is 0 Å². The number of hydrazine groups is 1. The monoisotopic (exact) mass is 367 g/mol. The van der Waals surface area contributed by atoms with Crippen molar-refractivity contribution in [3.63, 3.8) is 0 Å². The van der Waals surface area contributed by atoms with Gasteiger partial charge in [0, 0.05) is 30.3 Å². The van der Waals surface area contributed by atoms with Crippen LogP contribution in [0.4, 0.5) is 10.5 Å². The summed E-state index contributed by atoms with van der Waals surface area (Å²) in [6.07, 6.45) is 4.24. The van der Waals surface area contributed by atoms with Crippen molar-refractivity contribution >= 4 is 23.3 Å². The number of rotatable bonds is 4. The van der Waals surface area contributed by atoms with Crippen molar-refractivity contribution in [1.29, 1.82) is 0 Å². The maximum absolute atomic E-state index is 12.9. The molecule has 4 rings (SSSR count). The number of hydrogen-bond acceptors (Lipinski definition) is 2. The standard InChI is InChI=1S/C21H22ClN3O/c22-19-8-10-20(11-9-19)24-13-14-25(21(24)26)23-12-4-7-18(16-23)15-17-5-2-1-3-6-17/h1-3,5-11H,4,12-16H2. The number of urea groups is 1. The van der Waals surface area contributed by atoms with E-state index in [1.165, 1.54) is 11.1 Å². The molecule has 4 nitrogen and oxygen atoms in total. The normalized spacial score (nSPS) is 18.3. The number of anilines is 1. The summed E-state index contributed by atoms with van der Waals surface area (Å²) in [5.74, 6) is 0. The molecule has 0 aromatic heterocycles. The zero-order valence-corrected chi connectivity index (χ0v) is 15.4.